The first kappa shape index (κ1) is 13.7. The van der Waals surface area contributed by atoms with E-state index in [2.05, 4.69) is 9.73 Å². The molecule has 0 spiro atoms. The number of methoxy groups -OCH3 is 3. The fourth-order valence-corrected chi connectivity index (χ4v) is 1.51. The Balaban J connectivity index is 3.34. The minimum Gasteiger partial charge on any atom is -0.493 e. The van der Waals surface area contributed by atoms with Crippen molar-refractivity contribution < 1.29 is 23.8 Å². The quantitative estimate of drug-likeness (QED) is 0.448. The molecule has 6 heteroatoms. The molecule has 0 heterocycles. The Hall–Kier alpha value is -2.33. The van der Waals surface area contributed by atoms with E-state index >= 15 is 0 Å². The van der Waals surface area contributed by atoms with Gasteiger partial charge in [0.25, 0.3) is 0 Å². The van der Waals surface area contributed by atoms with Gasteiger partial charge in [0.2, 0.25) is 6.08 Å². The first-order chi connectivity index (χ1) is 8.67. The van der Waals surface area contributed by atoms with Gasteiger partial charge in [0.15, 0.2) is 11.5 Å². The predicted molar refractivity (Wildman–Crippen MR) is 62.7 cm³/mol. The summed E-state index contributed by atoms with van der Waals surface area (Å²) in [5.74, 6) is 0.285. The number of carbonyl (C=O) groups is 1. The summed E-state index contributed by atoms with van der Waals surface area (Å²) >= 11 is 0. The molecule has 0 bridgehead atoms. The zero-order valence-corrected chi connectivity index (χ0v) is 10.4. The third-order valence-corrected chi connectivity index (χ3v) is 2.29. The van der Waals surface area contributed by atoms with Crippen LogP contribution in [0.2, 0.25) is 0 Å². The molecule has 96 valence electrons. The van der Waals surface area contributed by atoms with Crippen molar-refractivity contribution in [2.75, 3.05) is 21.3 Å². The van der Waals surface area contributed by atoms with E-state index in [1.54, 1.807) is 0 Å². The second kappa shape index (κ2) is 6.42. The molecule has 0 radical (unpaired) electrons. The van der Waals surface area contributed by atoms with E-state index in [0.29, 0.717) is 22.6 Å². The lowest BCUT2D eigenvalue weighted by Gasteiger charge is -2.12. The first-order valence-corrected chi connectivity index (χ1v) is 5.04. The number of nitrogens with zero attached hydrogens (tertiary/aromatic N) is 1. The van der Waals surface area contributed by atoms with Crippen molar-refractivity contribution in [1.82, 2.24) is 0 Å². The molecule has 0 atom stereocenters. The van der Waals surface area contributed by atoms with Gasteiger partial charge in [-0.3, -0.25) is 0 Å². The first-order valence-electron chi connectivity index (χ1n) is 5.04. The van der Waals surface area contributed by atoms with Crippen molar-refractivity contribution in [3.63, 3.8) is 0 Å². The highest BCUT2D eigenvalue weighted by Crippen LogP contribution is 2.33. The van der Waals surface area contributed by atoms with Gasteiger partial charge in [0, 0.05) is 5.56 Å². The van der Waals surface area contributed by atoms with Gasteiger partial charge in [0.1, 0.15) is 0 Å². The number of carbonyl (C=O) groups excluding carboxylic acids is 2. The molecule has 6 nitrogen and oxygen atoms in total. The van der Waals surface area contributed by atoms with Gasteiger partial charge in [-0.2, -0.15) is 0 Å². The number of aliphatic imine (C=N–C) groups is 1. The Bertz CT molecular complexity index is 491. The molecular weight excluding hydrogens is 238 g/mol. The van der Waals surface area contributed by atoms with Gasteiger partial charge in [0.05, 0.1) is 33.4 Å². The molecule has 0 aliphatic heterocycles. The molecule has 0 aliphatic carbocycles. The van der Waals surface area contributed by atoms with Crippen molar-refractivity contribution in [3.05, 3.63) is 23.3 Å². The van der Waals surface area contributed by atoms with Crippen LogP contribution in [0.25, 0.3) is 0 Å². The van der Waals surface area contributed by atoms with Crippen LogP contribution < -0.4 is 9.47 Å². The number of ether oxygens (including phenoxy) is 3. The van der Waals surface area contributed by atoms with Crippen molar-refractivity contribution in [1.29, 1.82) is 0 Å². The lowest BCUT2D eigenvalue weighted by atomic mass is 10.1. The van der Waals surface area contributed by atoms with Crippen LogP contribution in [0, 0.1) is 0 Å². The van der Waals surface area contributed by atoms with Crippen molar-refractivity contribution in [2.24, 2.45) is 4.99 Å². The molecule has 0 N–H and O–H groups in total. The number of rotatable bonds is 5. The minimum absolute atomic E-state index is 0.0495. The Morgan fingerprint density at radius 2 is 2.00 bits per heavy atom. The molecule has 1 rings (SSSR count). The van der Waals surface area contributed by atoms with E-state index in [1.165, 1.54) is 39.5 Å². The standard InChI is InChI=1S/C12H13NO5/c1-16-10-5-8(12(15)18-3)4-9(6-13-7-14)11(10)17-2/h4-5H,6H2,1-3H3. The molecule has 18 heavy (non-hydrogen) atoms. The van der Waals surface area contributed by atoms with E-state index < -0.39 is 5.97 Å². The third-order valence-electron chi connectivity index (χ3n) is 2.29. The summed E-state index contributed by atoms with van der Waals surface area (Å²) in [5.41, 5.74) is 0.840. The van der Waals surface area contributed by atoms with Crippen LogP contribution in [-0.4, -0.2) is 33.4 Å². The smallest absolute Gasteiger partial charge is 0.337 e. The average molecular weight is 251 g/mol. The molecule has 1 aromatic carbocycles. The fraction of sp³-hybridized carbons (Fsp3) is 0.333. The molecule has 0 aliphatic rings. The third kappa shape index (κ3) is 2.87. The highest BCUT2D eigenvalue weighted by Gasteiger charge is 2.16. The van der Waals surface area contributed by atoms with Crippen LogP contribution in [0.3, 0.4) is 0 Å². The molecule has 0 aromatic heterocycles. The minimum atomic E-state index is -0.507. The van der Waals surface area contributed by atoms with Crippen molar-refractivity contribution >= 4 is 12.0 Å². The molecule has 0 saturated heterocycles. The monoisotopic (exact) mass is 251 g/mol. The molecule has 0 unspecified atom stereocenters. The number of benzene rings is 1. The molecule has 0 amide bonds. The lowest BCUT2D eigenvalue weighted by molar-refractivity contribution is 0.0600. The summed E-state index contributed by atoms with van der Waals surface area (Å²) in [6.07, 6.45) is 1.43. The summed E-state index contributed by atoms with van der Waals surface area (Å²) in [7, 11) is 4.19. The maximum Gasteiger partial charge on any atom is 0.337 e. The summed E-state index contributed by atoms with van der Waals surface area (Å²) < 4.78 is 14.9. The Labute approximate surface area is 104 Å². The SMILES string of the molecule is COC(=O)c1cc(CN=C=O)c(OC)c(OC)c1. The number of hydrogen-bond donors (Lipinski definition) is 0. The Morgan fingerprint density at radius 1 is 1.28 bits per heavy atom. The van der Waals surface area contributed by atoms with Crippen molar-refractivity contribution in [3.8, 4) is 11.5 Å². The lowest BCUT2D eigenvalue weighted by Crippen LogP contribution is -2.04. The Kier molecular flexibility index (Phi) is 4.90. The van der Waals surface area contributed by atoms with E-state index in [4.69, 9.17) is 9.47 Å². The van der Waals surface area contributed by atoms with Crippen LogP contribution >= 0.6 is 0 Å². The van der Waals surface area contributed by atoms with Crippen molar-refractivity contribution in [2.45, 2.75) is 6.54 Å². The van der Waals surface area contributed by atoms with Crippen LogP contribution in [0.4, 0.5) is 0 Å². The van der Waals surface area contributed by atoms with Gasteiger partial charge >= 0.3 is 5.97 Å². The zero-order chi connectivity index (χ0) is 13.5. The van der Waals surface area contributed by atoms with Crippen LogP contribution in [0.15, 0.2) is 17.1 Å². The van der Waals surface area contributed by atoms with E-state index in [-0.39, 0.29) is 6.54 Å². The van der Waals surface area contributed by atoms with Crippen LogP contribution in [0.1, 0.15) is 15.9 Å². The molecule has 0 fully saturated rings. The van der Waals surface area contributed by atoms with Crippen LogP contribution in [-0.2, 0) is 16.1 Å². The Morgan fingerprint density at radius 3 is 2.50 bits per heavy atom. The normalized spacial score (nSPS) is 9.28. The average Bonchev–Trinajstić information content (AvgIpc) is 2.42. The summed E-state index contributed by atoms with van der Waals surface area (Å²) in [6, 6.07) is 3.03. The summed E-state index contributed by atoms with van der Waals surface area (Å²) in [4.78, 5) is 25.1. The second-order valence-electron chi connectivity index (χ2n) is 3.27. The number of esters is 1. The van der Waals surface area contributed by atoms with Gasteiger partial charge in [-0.25, -0.2) is 14.6 Å². The number of isocyanates is 1. The largest absolute Gasteiger partial charge is 0.493 e. The topological polar surface area (TPSA) is 74.2 Å². The van der Waals surface area contributed by atoms with E-state index in [1.807, 2.05) is 0 Å². The molecule has 0 saturated carbocycles. The fourth-order valence-electron chi connectivity index (χ4n) is 1.51. The number of hydrogen-bond acceptors (Lipinski definition) is 6. The predicted octanol–water partition coefficient (Wildman–Crippen LogP) is 1.33. The summed E-state index contributed by atoms with van der Waals surface area (Å²) in [5, 5.41) is 0. The zero-order valence-electron chi connectivity index (χ0n) is 10.4. The van der Waals surface area contributed by atoms with Gasteiger partial charge in [-0.05, 0) is 12.1 Å². The van der Waals surface area contributed by atoms with E-state index in [0.717, 1.165) is 0 Å². The van der Waals surface area contributed by atoms with Gasteiger partial charge in [-0.15, -0.1) is 0 Å². The van der Waals surface area contributed by atoms with Gasteiger partial charge < -0.3 is 14.2 Å². The highest BCUT2D eigenvalue weighted by molar-refractivity contribution is 5.90. The second-order valence-corrected chi connectivity index (χ2v) is 3.27. The maximum atomic E-state index is 11.5. The van der Waals surface area contributed by atoms with Crippen LogP contribution in [0.5, 0.6) is 11.5 Å². The highest BCUT2D eigenvalue weighted by atomic mass is 16.5. The molecule has 1 aromatic rings. The maximum absolute atomic E-state index is 11.5. The molecular formula is C12H13NO5. The van der Waals surface area contributed by atoms with Gasteiger partial charge in [-0.1, -0.05) is 0 Å². The summed E-state index contributed by atoms with van der Waals surface area (Å²) in [6.45, 7) is 0.0495. The van der Waals surface area contributed by atoms with E-state index in [9.17, 15) is 9.59 Å².